The van der Waals surface area contributed by atoms with E-state index in [-0.39, 0.29) is 6.42 Å². The van der Waals surface area contributed by atoms with Gasteiger partial charge in [-0.15, -0.1) is 0 Å². The molecule has 3 rings (SSSR count). The molecule has 0 amide bonds. The van der Waals surface area contributed by atoms with Crippen molar-refractivity contribution in [3.63, 3.8) is 0 Å². The van der Waals surface area contributed by atoms with E-state index in [0.717, 1.165) is 9.99 Å². The van der Waals surface area contributed by atoms with Crippen molar-refractivity contribution in [3.8, 4) is 0 Å². The maximum atomic E-state index is 13.7. The quantitative estimate of drug-likeness (QED) is 0.787. The van der Waals surface area contributed by atoms with Gasteiger partial charge in [0.05, 0.1) is 0 Å². The Hall–Kier alpha value is -1.01. The van der Waals surface area contributed by atoms with Crippen LogP contribution in [-0.4, -0.2) is 17.7 Å². The second kappa shape index (κ2) is 4.49. The predicted octanol–water partition coefficient (Wildman–Crippen LogP) is 4.38. The van der Waals surface area contributed by atoms with Gasteiger partial charge in [-0.3, -0.25) is 5.32 Å². The highest BCUT2D eigenvalue weighted by molar-refractivity contribution is 9.10. The largest absolute Gasteiger partial charge is 0.410 e. The standard InChI is InChI=1S/C14H14BrF3N2/c1-8-12(10-7-9(15)3-4-11(10)20-8)13(14(16,17)18)5-2-6-19-13/h3-4,7,19-20H,2,5-6H2,1H3. The molecule has 6 heteroatoms. The van der Waals surface area contributed by atoms with Crippen LogP contribution in [0.5, 0.6) is 0 Å². The number of aryl methyl sites for hydroxylation is 1. The number of aromatic nitrogens is 1. The molecule has 1 saturated heterocycles. The molecule has 0 spiro atoms. The minimum absolute atomic E-state index is 0.0802. The number of hydrogen-bond acceptors (Lipinski definition) is 1. The molecule has 1 aliphatic heterocycles. The van der Waals surface area contributed by atoms with Crippen LogP contribution in [0.25, 0.3) is 10.9 Å². The van der Waals surface area contributed by atoms with Crippen molar-refractivity contribution in [1.82, 2.24) is 10.3 Å². The summed E-state index contributed by atoms with van der Waals surface area (Å²) in [6.07, 6.45) is -3.71. The van der Waals surface area contributed by atoms with Crippen molar-refractivity contribution < 1.29 is 13.2 Å². The molecule has 1 atom stereocenters. The molecular formula is C14H14BrF3N2. The Morgan fingerprint density at radius 1 is 1.30 bits per heavy atom. The Kier molecular flexibility index (Phi) is 3.14. The molecule has 0 saturated carbocycles. The zero-order valence-electron chi connectivity index (χ0n) is 10.9. The summed E-state index contributed by atoms with van der Waals surface area (Å²) in [6.45, 7) is 2.09. The minimum Gasteiger partial charge on any atom is -0.358 e. The molecular weight excluding hydrogens is 333 g/mol. The fourth-order valence-corrected chi connectivity index (χ4v) is 3.55. The SMILES string of the molecule is Cc1[nH]c2ccc(Br)cc2c1C1(C(F)(F)F)CCCN1. The fraction of sp³-hybridized carbons (Fsp3) is 0.429. The Morgan fingerprint density at radius 2 is 2.05 bits per heavy atom. The summed E-state index contributed by atoms with van der Waals surface area (Å²) in [5.41, 5.74) is -0.294. The molecule has 0 bridgehead atoms. The molecule has 20 heavy (non-hydrogen) atoms. The van der Waals surface area contributed by atoms with E-state index in [2.05, 4.69) is 26.2 Å². The minimum atomic E-state index is -4.31. The van der Waals surface area contributed by atoms with Gasteiger partial charge in [0.1, 0.15) is 5.54 Å². The number of hydrogen-bond donors (Lipinski definition) is 2. The molecule has 2 aromatic rings. The molecule has 1 aromatic carbocycles. The molecule has 2 N–H and O–H groups in total. The van der Waals surface area contributed by atoms with E-state index in [1.807, 2.05) is 6.07 Å². The normalized spacial score (nSPS) is 23.6. The summed E-state index contributed by atoms with van der Waals surface area (Å²) in [6, 6.07) is 5.38. The molecule has 0 aliphatic carbocycles. The Balaban J connectivity index is 2.32. The van der Waals surface area contributed by atoms with Crippen LogP contribution >= 0.6 is 15.9 Å². The van der Waals surface area contributed by atoms with Crippen molar-refractivity contribution >= 4 is 26.8 Å². The van der Waals surface area contributed by atoms with E-state index in [0.29, 0.717) is 29.6 Å². The van der Waals surface area contributed by atoms with E-state index in [4.69, 9.17) is 0 Å². The monoisotopic (exact) mass is 346 g/mol. The van der Waals surface area contributed by atoms with E-state index in [1.165, 1.54) is 0 Å². The second-order valence-corrected chi connectivity index (χ2v) is 6.16. The first kappa shape index (κ1) is 13.9. The van der Waals surface area contributed by atoms with Gasteiger partial charge in [-0.25, -0.2) is 0 Å². The van der Waals surface area contributed by atoms with E-state index in [9.17, 15) is 13.2 Å². The van der Waals surface area contributed by atoms with Crippen molar-refractivity contribution in [2.24, 2.45) is 0 Å². The zero-order chi connectivity index (χ0) is 14.5. The molecule has 1 aromatic heterocycles. The number of aromatic amines is 1. The van der Waals surface area contributed by atoms with Gasteiger partial charge >= 0.3 is 6.18 Å². The molecule has 2 nitrogen and oxygen atoms in total. The molecule has 2 heterocycles. The highest BCUT2D eigenvalue weighted by atomic mass is 79.9. The zero-order valence-corrected chi connectivity index (χ0v) is 12.5. The average molecular weight is 347 g/mol. The number of fused-ring (bicyclic) bond motifs is 1. The van der Waals surface area contributed by atoms with Crippen LogP contribution in [0.2, 0.25) is 0 Å². The molecule has 1 fully saturated rings. The first-order valence-electron chi connectivity index (χ1n) is 6.45. The lowest BCUT2D eigenvalue weighted by atomic mass is 9.85. The highest BCUT2D eigenvalue weighted by Crippen LogP contribution is 2.48. The maximum Gasteiger partial charge on any atom is 0.410 e. The summed E-state index contributed by atoms with van der Waals surface area (Å²) in [5, 5.41) is 3.33. The van der Waals surface area contributed by atoms with Crippen molar-refractivity contribution in [2.75, 3.05) is 6.54 Å². The lowest BCUT2D eigenvalue weighted by molar-refractivity contribution is -0.195. The maximum absolute atomic E-state index is 13.7. The number of nitrogens with one attached hydrogen (secondary N) is 2. The first-order valence-corrected chi connectivity index (χ1v) is 7.24. The van der Waals surface area contributed by atoms with E-state index < -0.39 is 11.7 Å². The topological polar surface area (TPSA) is 27.8 Å². The highest BCUT2D eigenvalue weighted by Gasteiger charge is 2.58. The van der Waals surface area contributed by atoms with Crippen LogP contribution in [0, 0.1) is 6.92 Å². The van der Waals surface area contributed by atoms with Gasteiger partial charge in [-0.05, 0) is 44.5 Å². The number of alkyl halides is 3. The Labute approximate surface area is 122 Å². The molecule has 0 radical (unpaired) electrons. The second-order valence-electron chi connectivity index (χ2n) is 5.25. The lowest BCUT2D eigenvalue weighted by Crippen LogP contribution is -2.50. The van der Waals surface area contributed by atoms with Crippen LogP contribution in [-0.2, 0) is 5.54 Å². The Morgan fingerprint density at radius 3 is 2.65 bits per heavy atom. The summed E-state index contributed by atoms with van der Waals surface area (Å²) < 4.78 is 41.9. The van der Waals surface area contributed by atoms with Gasteiger partial charge in [0.15, 0.2) is 0 Å². The lowest BCUT2D eigenvalue weighted by Gasteiger charge is -2.32. The Bertz CT molecular complexity index is 654. The van der Waals surface area contributed by atoms with Crippen molar-refractivity contribution in [1.29, 1.82) is 0 Å². The third-order valence-corrected chi connectivity index (χ3v) is 4.51. The van der Waals surface area contributed by atoms with E-state index >= 15 is 0 Å². The van der Waals surface area contributed by atoms with Crippen LogP contribution in [0.1, 0.15) is 24.1 Å². The molecule has 1 aliphatic rings. The molecule has 1 unspecified atom stereocenters. The average Bonchev–Trinajstić information content (AvgIpc) is 2.92. The third kappa shape index (κ3) is 1.89. The van der Waals surface area contributed by atoms with Gasteiger partial charge in [-0.2, -0.15) is 13.2 Å². The van der Waals surface area contributed by atoms with Crippen molar-refractivity contribution in [2.45, 2.75) is 31.5 Å². The number of benzene rings is 1. The van der Waals surface area contributed by atoms with Crippen LogP contribution in [0.4, 0.5) is 13.2 Å². The van der Waals surface area contributed by atoms with Gasteiger partial charge < -0.3 is 4.98 Å². The fourth-order valence-electron chi connectivity index (χ4n) is 3.19. The first-order chi connectivity index (χ1) is 9.35. The predicted molar refractivity (Wildman–Crippen MR) is 75.7 cm³/mol. The summed E-state index contributed by atoms with van der Waals surface area (Å²) in [7, 11) is 0. The van der Waals surface area contributed by atoms with E-state index in [1.54, 1.807) is 19.1 Å². The van der Waals surface area contributed by atoms with Crippen LogP contribution in [0.15, 0.2) is 22.7 Å². The summed E-state index contributed by atoms with van der Waals surface area (Å²) in [4.78, 5) is 3.07. The van der Waals surface area contributed by atoms with Gasteiger partial charge in [-0.1, -0.05) is 15.9 Å². The number of halogens is 4. The smallest absolute Gasteiger partial charge is 0.358 e. The van der Waals surface area contributed by atoms with Crippen molar-refractivity contribution in [3.05, 3.63) is 33.9 Å². The van der Waals surface area contributed by atoms with Gasteiger partial charge in [0, 0.05) is 26.6 Å². The summed E-state index contributed by atoms with van der Waals surface area (Å²) >= 11 is 3.34. The number of rotatable bonds is 1. The summed E-state index contributed by atoms with van der Waals surface area (Å²) in [5.74, 6) is 0. The van der Waals surface area contributed by atoms with Crippen LogP contribution < -0.4 is 5.32 Å². The van der Waals surface area contributed by atoms with Crippen LogP contribution in [0.3, 0.4) is 0 Å². The third-order valence-electron chi connectivity index (χ3n) is 4.01. The number of H-pyrrole nitrogens is 1. The van der Waals surface area contributed by atoms with Gasteiger partial charge in [0.2, 0.25) is 0 Å². The van der Waals surface area contributed by atoms with Gasteiger partial charge in [0.25, 0.3) is 0 Å². The molecule has 108 valence electrons.